The molecule has 150 valence electrons. The predicted octanol–water partition coefficient (Wildman–Crippen LogP) is 3.21. The maximum absolute atomic E-state index is 13.0. The van der Waals surface area contributed by atoms with Crippen LogP contribution in [-0.4, -0.2) is 32.2 Å². The van der Waals surface area contributed by atoms with Gasteiger partial charge in [-0.2, -0.15) is 18.3 Å². The molecule has 1 N–H and O–H groups in total. The molecule has 0 fully saturated rings. The molecule has 1 amide bonds. The molecule has 0 spiro atoms. The number of nitrogens with one attached hydrogen (secondary N) is 1. The summed E-state index contributed by atoms with van der Waals surface area (Å²) < 4.78 is 45.5. The number of carbonyl (C=O) groups is 1. The number of amides is 1. The van der Waals surface area contributed by atoms with Gasteiger partial charge in [0.15, 0.2) is 6.61 Å². The fourth-order valence-electron chi connectivity index (χ4n) is 2.37. The van der Waals surface area contributed by atoms with Gasteiger partial charge in [0.05, 0.1) is 27.9 Å². The highest BCUT2D eigenvalue weighted by atomic mass is 19.4. The Morgan fingerprint density at radius 1 is 1.24 bits per heavy atom. The number of halogens is 3. The van der Waals surface area contributed by atoms with E-state index in [0.29, 0.717) is 0 Å². The third-order valence-corrected chi connectivity index (χ3v) is 3.66. The first-order valence-electron chi connectivity index (χ1n) is 7.97. The summed E-state index contributed by atoms with van der Waals surface area (Å²) in [5.41, 5.74) is -1.18. The highest BCUT2D eigenvalue weighted by Gasteiger charge is 2.31. The van der Waals surface area contributed by atoms with Gasteiger partial charge >= 0.3 is 6.18 Å². The maximum Gasteiger partial charge on any atom is 0.416 e. The van der Waals surface area contributed by atoms with E-state index in [4.69, 9.17) is 4.74 Å². The number of rotatable bonds is 6. The van der Waals surface area contributed by atoms with Crippen LogP contribution in [0.15, 0.2) is 55.1 Å². The van der Waals surface area contributed by atoms with Crippen molar-refractivity contribution in [3.05, 3.63) is 70.8 Å². The van der Waals surface area contributed by atoms with Crippen molar-refractivity contribution in [2.24, 2.45) is 0 Å². The van der Waals surface area contributed by atoms with Gasteiger partial charge in [0.25, 0.3) is 11.6 Å². The van der Waals surface area contributed by atoms with E-state index in [1.165, 1.54) is 35.5 Å². The Morgan fingerprint density at radius 2 is 2.03 bits per heavy atom. The highest BCUT2D eigenvalue weighted by Crippen LogP contribution is 2.33. The average Bonchev–Trinajstić information content (AvgIpc) is 3.20. The summed E-state index contributed by atoms with van der Waals surface area (Å²) in [6.07, 6.45) is -2.16. The summed E-state index contributed by atoms with van der Waals surface area (Å²) in [7, 11) is 0. The molecule has 0 aliphatic heterocycles. The van der Waals surface area contributed by atoms with E-state index in [2.05, 4.69) is 15.4 Å². The van der Waals surface area contributed by atoms with E-state index in [0.717, 1.165) is 24.3 Å². The molecule has 0 aliphatic carbocycles. The fourth-order valence-corrected chi connectivity index (χ4v) is 2.37. The van der Waals surface area contributed by atoms with Crippen molar-refractivity contribution in [1.82, 2.24) is 14.8 Å². The summed E-state index contributed by atoms with van der Waals surface area (Å²) in [5.74, 6) is -0.702. The Balaban J connectivity index is 1.78. The summed E-state index contributed by atoms with van der Waals surface area (Å²) in [5, 5.41) is 16.9. The highest BCUT2D eigenvalue weighted by molar-refractivity contribution is 5.94. The molecule has 3 aromatic rings. The summed E-state index contributed by atoms with van der Waals surface area (Å²) in [4.78, 5) is 26.1. The molecule has 0 bridgehead atoms. The Hall–Kier alpha value is -3.96. The van der Waals surface area contributed by atoms with Crippen molar-refractivity contribution >= 4 is 17.3 Å². The molecule has 0 saturated carbocycles. The lowest BCUT2D eigenvalue weighted by Crippen LogP contribution is -2.21. The number of anilines is 1. The third-order valence-electron chi connectivity index (χ3n) is 3.66. The number of hydrogen-bond acceptors (Lipinski definition) is 6. The van der Waals surface area contributed by atoms with Crippen molar-refractivity contribution in [2.45, 2.75) is 6.18 Å². The molecule has 2 aromatic carbocycles. The normalized spacial score (nSPS) is 11.1. The minimum Gasteiger partial charge on any atom is -0.484 e. The predicted molar refractivity (Wildman–Crippen MR) is 93.6 cm³/mol. The number of benzene rings is 2. The van der Waals surface area contributed by atoms with Gasteiger partial charge < -0.3 is 10.1 Å². The van der Waals surface area contributed by atoms with Gasteiger partial charge in [0.2, 0.25) is 0 Å². The number of non-ortho nitro benzene ring substituents is 1. The van der Waals surface area contributed by atoms with Crippen molar-refractivity contribution in [1.29, 1.82) is 0 Å². The van der Waals surface area contributed by atoms with E-state index in [1.807, 2.05) is 0 Å². The lowest BCUT2D eigenvalue weighted by Gasteiger charge is -2.14. The van der Waals surface area contributed by atoms with Gasteiger partial charge in [0.1, 0.15) is 18.4 Å². The number of nitro groups is 1. The summed E-state index contributed by atoms with van der Waals surface area (Å²) >= 11 is 0. The fraction of sp³-hybridized carbons (Fsp3) is 0.118. The standard InChI is InChI=1S/C17H12F3N5O4/c18-17(19,20)11-4-5-15(24-10-21-9-22-24)14(6-11)23-16(26)8-29-13-3-1-2-12(7-13)25(27)28/h1-7,9-10H,8H2,(H,23,26). The van der Waals surface area contributed by atoms with Crippen LogP contribution in [0, 0.1) is 10.1 Å². The van der Waals surface area contributed by atoms with Crippen molar-refractivity contribution in [2.75, 3.05) is 11.9 Å². The second-order valence-corrected chi connectivity index (χ2v) is 5.66. The molecular weight excluding hydrogens is 395 g/mol. The monoisotopic (exact) mass is 407 g/mol. The summed E-state index contributed by atoms with van der Waals surface area (Å²) in [6.45, 7) is -0.575. The first-order chi connectivity index (χ1) is 13.7. The van der Waals surface area contributed by atoms with Crippen molar-refractivity contribution < 1.29 is 27.6 Å². The number of ether oxygens (including phenoxy) is 1. The van der Waals surface area contributed by atoms with Gasteiger partial charge in [-0.1, -0.05) is 6.07 Å². The Kier molecular flexibility index (Phi) is 5.43. The molecule has 1 heterocycles. The zero-order valence-corrected chi connectivity index (χ0v) is 14.5. The number of alkyl halides is 3. The Bertz CT molecular complexity index is 1040. The van der Waals surface area contributed by atoms with Crippen LogP contribution >= 0.6 is 0 Å². The van der Waals surface area contributed by atoms with Crippen molar-refractivity contribution in [3.63, 3.8) is 0 Å². The summed E-state index contributed by atoms with van der Waals surface area (Å²) in [6, 6.07) is 7.92. The van der Waals surface area contributed by atoms with Gasteiger partial charge in [-0.25, -0.2) is 9.67 Å². The lowest BCUT2D eigenvalue weighted by atomic mass is 10.1. The van der Waals surface area contributed by atoms with E-state index in [1.54, 1.807) is 0 Å². The molecule has 0 saturated heterocycles. The van der Waals surface area contributed by atoms with E-state index in [-0.39, 0.29) is 22.8 Å². The first-order valence-corrected chi connectivity index (χ1v) is 7.97. The minimum atomic E-state index is -4.61. The van der Waals surface area contributed by atoms with Crippen LogP contribution in [0.5, 0.6) is 5.75 Å². The second kappa shape index (κ2) is 7.96. The molecular formula is C17H12F3N5O4. The number of nitrogens with zero attached hydrogens (tertiary/aromatic N) is 4. The van der Waals surface area contributed by atoms with Crippen molar-refractivity contribution in [3.8, 4) is 11.4 Å². The molecule has 29 heavy (non-hydrogen) atoms. The quantitative estimate of drug-likeness (QED) is 0.496. The lowest BCUT2D eigenvalue weighted by molar-refractivity contribution is -0.384. The number of aromatic nitrogens is 3. The average molecular weight is 407 g/mol. The van der Waals surface area contributed by atoms with E-state index < -0.39 is 29.2 Å². The molecule has 9 nitrogen and oxygen atoms in total. The third kappa shape index (κ3) is 4.86. The van der Waals surface area contributed by atoms with Crippen LogP contribution in [0.4, 0.5) is 24.5 Å². The minimum absolute atomic E-state index is 0.0647. The van der Waals surface area contributed by atoms with Gasteiger partial charge in [0, 0.05) is 6.07 Å². The van der Waals surface area contributed by atoms with Crippen LogP contribution < -0.4 is 10.1 Å². The van der Waals surface area contributed by atoms with Crippen LogP contribution in [0.25, 0.3) is 5.69 Å². The van der Waals surface area contributed by atoms with Crippen LogP contribution in [-0.2, 0) is 11.0 Å². The number of carbonyl (C=O) groups excluding carboxylic acids is 1. The van der Waals surface area contributed by atoms with Gasteiger partial charge in [-0.3, -0.25) is 14.9 Å². The molecule has 12 heteroatoms. The zero-order chi connectivity index (χ0) is 21.0. The van der Waals surface area contributed by atoms with Gasteiger partial charge in [-0.15, -0.1) is 0 Å². The topological polar surface area (TPSA) is 112 Å². The SMILES string of the molecule is O=C(COc1cccc([N+](=O)[O-])c1)Nc1cc(C(F)(F)F)ccc1-n1cncn1. The van der Waals surface area contributed by atoms with E-state index >= 15 is 0 Å². The smallest absolute Gasteiger partial charge is 0.416 e. The van der Waals surface area contributed by atoms with E-state index in [9.17, 15) is 28.1 Å². The first kappa shape index (κ1) is 19.8. The van der Waals surface area contributed by atoms with Crippen LogP contribution in [0.3, 0.4) is 0 Å². The Labute approximate surface area is 160 Å². The van der Waals surface area contributed by atoms with Crippen LogP contribution in [0.1, 0.15) is 5.56 Å². The van der Waals surface area contributed by atoms with Gasteiger partial charge in [-0.05, 0) is 24.3 Å². The molecule has 0 unspecified atom stereocenters. The largest absolute Gasteiger partial charge is 0.484 e. The molecule has 0 aliphatic rings. The zero-order valence-electron chi connectivity index (χ0n) is 14.5. The van der Waals surface area contributed by atoms with Crippen LogP contribution in [0.2, 0.25) is 0 Å². The maximum atomic E-state index is 13.0. The Morgan fingerprint density at radius 3 is 2.69 bits per heavy atom. The molecule has 3 rings (SSSR count). The second-order valence-electron chi connectivity index (χ2n) is 5.66. The molecule has 1 aromatic heterocycles. The number of nitro benzene ring substituents is 1. The molecule has 0 radical (unpaired) electrons. The molecule has 0 atom stereocenters. The number of hydrogen-bond donors (Lipinski definition) is 1.